The Balaban J connectivity index is 2.66. The van der Waals surface area contributed by atoms with Gasteiger partial charge >= 0.3 is 18.0 Å². The molecule has 0 bridgehead atoms. The zero-order valence-corrected chi connectivity index (χ0v) is 11.6. The molecule has 0 unspecified atom stereocenters. The van der Waals surface area contributed by atoms with Crippen LogP contribution in [0.4, 0.5) is 22.0 Å². The first kappa shape index (κ1) is 17.4. The average molecular weight is 309 g/mol. The Labute approximate surface area is 119 Å². The van der Waals surface area contributed by atoms with Crippen LogP contribution < -0.4 is 5.32 Å². The molecule has 1 rings (SSSR count). The molecule has 2 nitrogen and oxygen atoms in total. The van der Waals surface area contributed by atoms with Crippen molar-refractivity contribution in [2.75, 3.05) is 0 Å². The fourth-order valence-electron chi connectivity index (χ4n) is 1.68. The van der Waals surface area contributed by atoms with Crippen LogP contribution in [0.1, 0.15) is 25.8 Å². The van der Waals surface area contributed by atoms with Crippen molar-refractivity contribution in [1.82, 2.24) is 5.32 Å². The lowest BCUT2D eigenvalue weighted by molar-refractivity contribution is -0.270. The van der Waals surface area contributed by atoms with Crippen molar-refractivity contribution >= 4 is 5.91 Å². The maximum absolute atomic E-state index is 12.9. The molecule has 1 N–H and O–H groups in total. The van der Waals surface area contributed by atoms with Gasteiger partial charge in [-0.05, 0) is 32.3 Å². The summed E-state index contributed by atoms with van der Waals surface area (Å²) in [6.45, 7) is 2.81. The predicted octanol–water partition coefficient (Wildman–Crippen LogP) is 3.71. The lowest BCUT2D eigenvalue weighted by Gasteiger charge is -2.29. The number of hydrogen-bond donors (Lipinski definition) is 1. The summed E-state index contributed by atoms with van der Waals surface area (Å²) in [6, 6.07) is 9.00. The van der Waals surface area contributed by atoms with E-state index < -0.39 is 23.5 Å². The second-order valence-corrected chi connectivity index (χ2v) is 5.40. The molecule has 1 aromatic carbocycles. The van der Waals surface area contributed by atoms with Crippen LogP contribution in [-0.4, -0.2) is 23.5 Å². The molecule has 0 atom stereocenters. The van der Waals surface area contributed by atoms with Gasteiger partial charge in [-0.3, -0.25) is 4.79 Å². The normalized spacial score (nSPS) is 13.1. The number of rotatable bonds is 5. The highest BCUT2D eigenvalue weighted by atomic mass is 19.4. The molecule has 1 aromatic rings. The van der Waals surface area contributed by atoms with Gasteiger partial charge in [-0.15, -0.1) is 0 Å². The molecule has 0 aliphatic rings. The Hall–Kier alpha value is -1.66. The van der Waals surface area contributed by atoms with E-state index in [1.807, 2.05) is 12.1 Å². The molecule has 1 amide bonds. The quantitative estimate of drug-likeness (QED) is 0.825. The van der Waals surface area contributed by atoms with Gasteiger partial charge in [0.2, 0.25) is 0 Å². The molecule has 0 radical (unpaired) electrons. The van der Waals surface area contributed by atoms with Crippen LogP contribution in [0.5, 0.6) is 0 Å². The van der Waals surface area contributed by atoms with Crippen molar-refractivity contribution in [2.24, 2.45) is 0 Å². The summed E-state index contributed by atoms with van der Waals surface area (Å²) in [5.74, 6) is -7.72. The summed E-state index contributed by atoms with van der Waals surface area (Å²) in [7, 11) is 0. The molecule has 0 saturated heterocycles. The maximum atomic E-state index is 12.9. The lowest BCUT2D eigenvalue weighted by Crippen LogP contribution is -2.56. The van der Waals surface area contributed by atoms with E-state index in [1.54, 1.807) is 23.5 Å². The van der Waals surface area contributed by atoms with E-state index in [1.165, 1.54) is 13.8 Å². The van der Waals surface area contributed by atoms with Gasteiger partial charge in [0, 0.05) is 5.54 Å². The summed E-state index contributed by atoms with van der Waals surface area (Å²) in [6.07, 6.45) is -5.21. The number of aryl methyl sites for hydroxylation is 1. The van der Waals surface area contributed by atoms with Crippen molar-refractivity contribution in [3.05, 3.63) is 35.9 Å². The second-order valence-electron chi connectivity index (χ2n) is 5.40. The second kappa shape index (κ2) is 5.99. The van der Waals surface area contributed by atoms with E-state index in [4.69, 9.17) is 0 Å². The number of amides is 1. The van der Waals surface area contributed by atoms with Crippen molar-refractivity contribution in [3.8, 4) is 0 Å². The molecule has 118 valence electrons. The van der Waals surface area contributed by atoms with Crippen LogP contribution in [-0.2, 0) is 11.2 Å². The van der Waals surface area contributed by atoms with Crippen molar-refractivity contribution < 1.29 is 26.7 Å². The molecule has 21 heavy (non-hydrogen) atoms. The molecule has 0 aliphatic carbocycles. The molecular weight excluding hydrogens is 293 g/mol. The van der Waals surface area contributed by atoms with Crippen LogP contribution in [0.2, 0.25) is 0 Å². The van der Waals surface area contributed by atoms with Crippen LogP contribution in [0.25, 0.3) is 0 Å². The van der Waals surface area contributed by atoms with Crippen LogP contribution >= 0.6 is 0 Å². The smallest absolute Gasteiger partial charge is 0.346 e. The molecule has 0 spiro atoms. The number of nitrogens with one attached hydrogen (secondary N) is 1. The topological polar surface area (TPSA) is 29.1 Å². The summed E-state index contributed by atoms with van der Waals surface area (Å²) in [5, 5.41) is 1.76. The summed E-state index contributed by atoms with van der Waals surface area (Å²) in [5.41, 5.74) is -0.274. The van der Waals surface area contributed by atoms with Crippen molar-refractivity contribution in [1.29, 1.82) is 0 Å². The minimum Gasteiger partial charge on any atom is -0.346 e. The molecule has 7 heteroatoms. The molecule has 0 heterocycles. The summed E-state index contributed by atoms with van der Waals surface area (Å²) < 4.78 is 62.1. The number of carbonyl (C=O) groups excluding carboxylic acids is 1. The maximum Gasteiger partial charge on any atom is 0.463 e. The van der Waals surface area contributed by atoms with Gasteiger partial charge in [0.25, 0.3) is 0 Å². The Bertz CT molecular complexity index is 482. The monoisotopic (exact) mass is 309 g/mol. The van der Waals surface area contributed by atoms with Crippen molar-refractivity contribution in [3.63, 3.8) is 0 Å². The van der Waals surface area contributed by atoms with Crippen LogP contribution in [0, 0.1) is 0 Å². The van der Waals surface area contributed by atoms with Crippen LogP contribution in [0.3, 0.4) is 0 Å². The van der Waals surface area contributed by atoms with Crippen LogP contribution in [0.15, 0.2) is 30.3 Å². The number of carbonyl (C=O) groups is 1. The highest BCUT2D eigenvalue weighted by molar-refractivity contribution is 5.84. The van der Waals surface area contributed by atoms with Gasteiger partial charge in [0.05, 0.1) is 0 Å². The fourth-order valence-corrected chi connectivity index (χ4v) is 1.68. The number of hydrogen-bond acceptors (Lipinski definition) is 1. The van der Waals surface area contributed by atoms with Gasteiger partial charge in [0.1, 0.15) is 0 Å². The van der Waals surface area contributed by atoms with E-state index in [-0.39, 0.29) is 6.42 Å². The number of halogens is 5. The lowest BCUT2D eigenvalue weighted by atomic mass is 9.95. The van der Waals surface area contributed by atoms with Gasteiger partial charge in [-0.2, -0.15) is 22.0 Å². The van der Waals surface area contributed by atoms with Gasteiger partial charge in [-0.1, -0.05) is 30.3 Å². The third kappa shape index (κ3) is 4.68. The first-order valence-corrected chi connectivity index (χ1v) is 6.27. The molecule has 0 aromatic heterocycles. The first-order chi connectivity index (χ1) is 9.46. The van der Waals surface area contributed by atoms with E-state index in [0.717, 1.165) is 5.56 Å². The summed E-state index contributed by atoms with van der Waals surface area (Å²) in [4.78, 5) is 11.2. The molecule has 0 aliphatic heterocycles. The zero-order valence-electron chi connectivity index (χ0n) is 11.6. The number of benzene rings is 1. The Morgan fingerprint density at radius 2 is 1.57 bits per heavy atom. The third-order valence-electron chi connectivity index (χ3n) is 2.97. The third-order valence-corrected chi connectivity index (χ3v) is 2.97. The first-order valence-electron chi connectivity index (χ1n) is 6.27. The van der Waals surface area contributed by atoms with E-state index >= 15 is 0 Å². The zero-order chi connectivity index (χ0) is 16.3. The standard InChI is InChI=1S/C14H16F5NO/c1-12(2,9-8-10-6-4-3-5-7-10)20-11(21)13(15,16)14(17,18)19/h3-7H,8-9H2,1-2H3,(H,20,21). The molecule has 0 saturated carbocycles. The van der Waals surface area contributed by atoms with E-state index in [0.29, 0.717) is 6.42 Å². The Morgan fingerprint density at radius 3 is 2.05 bits per heavy atom. The van der Waals surface area contributed by atoms with Crippen molar-refractivity contribution in [2.45, 2.75) is 44.3 Å². The van der Waals surface area contributed by atoms with Gasteiger partial charge in [0.15, 0.2) is 0 Å². The highest BCUT2D eigenvalue weighted by Crippen LogP contribution is 2.36. The molecule has 0 fully saturated rings. The molecular formula is C14H16F5NO. The van der Waals surface area contributed by atoms with E-state index in [9.17, 15) is 26.7 Å². The van der Waals surface area contributed by atoms with Gasteiger partial charge in [-0.25, -0.2) is 0 Å². The SMILES string of the molecule is CC(C)(CCc1ccccc1)NC(=O)C(F)(F)C(F)(F)F. The minimum atomic E-state index is -5.90. The Kier molecular flexibility index (Phi) is 4.96. The average Bonchev–Trinajstić information content (AvgIpc) is 2.36. The Morgan fingerprint density at radius 1 is 1.05 bits per heavy atom. The minimum absolute atomic E-state index is 0.233. The largest absolute Gasteiger partial charge is 0.463 e. The predicted molar refractivity (Wildman–Crippen MR) is 68.0 cm³/mol. The fraction of sp³-hybridized carbons (Fsp3) is 0.500. The number of alkyl halides is 5. The summed E-state index contributed by atoms with van der Waals surface area (Å²) >= 11 is 0. The van der Waals surface area contributed by atoms with Gasteiger partial charge < -0.3 is 5.32 Å². The highest BCUT2D eigenvalue weighted by Gasteiger charge is 2.63. The van der Waals surface area contributed by atoms with E-state index in [2.05, 4.69) is 0 Å².